The first-order valence-corrected chi connectivity index (χ1v) is 7.23. The van der Waals surface area contributed by atoms with Gasteiger partial charge in [0.05, 0.1) is 11.0 Å². The van der Waals surface area contributed by atoms with Crippen molar-refractivity contribution in [1.82, 2.24) is 5.32 Å². The van der Waals surface area contributed by atoms with Gasteiger partial charge in [0, 0.05) is 0 Å². The van der Waals surface area contributed by atoms with Crippen LogP contribution in [0.15, 0.2) is 46.9 Å². The number of benzene rings is 2. The number of halogens is 3. The molecule has 2 amide bonds. The molecule has 0 aromatic heterocycles. The van der Waals surface area contributed by atoms with Crippen LogP contribution in [0.5, 0.6) is 5.75 Å². The largest absolute Gasteiger partial charge is 0.491 e. The maximum Gasteiger partial charge on any atom is 0.319 e. The fourth-order valence-electron chi connectivity index (χ4n) is 1.66. The van der Waals surface area contributed by atoms with Crippen molar-refractivity contribution < 1.29 is 18.3 Å². The molecule has 0 aliphatic heterocycles. The SMILES string of the molecule is O=C(NCCOc1ccccc1Br)Nc1c(F)cccc1F. The topological polar surface area (TPSA) is 50.4 Å². The zero-order valence-electron chi connectivity index (χ0n) is 11.4. The van der Waals surface area contributed by atoms with Crippen LogP contribution in [0.3, 0.4) is 0 Å². The van der Waals surface area contributed by atoms with Gasteiger partial charge in [-0.3, -0.25) is 0 Å². The van der Waals surface area contributed by atoms with Gasteiger partial charge in [-0.15, -0.1) is 0 Å². The molecule has 2 aromatic rings. The number of carbonyl (C=O) groups excluding carboxylic acids is 1. The van der Waals surface area contributed by atoms with Gasteiger partial charge in [0.15, 0.2) is 0 Å². The molecule has 0 aliphatic rings. The second-order valence-electron chi connectivity index (χ2n) is 4.26. The maximum atomic E-state index is 13.4. The summed E-state index contributed by atoms with van der Waals surface area (Å²) in [6, 6.07) is 9.92. The van der Waals surface area contributed by atoms with E-state index in [2.05, 4.69) is 26.6 Å². The molecule has 0 spiro atoms. The van der Waals surface area contributed by atoms with Crippen LogP contribution in [0, 0.1) is 11.6 Å². The van der Waals surface area contributed by atoms with E-state index < -0.39 is 23.4 Å². The predicted octanol–water partition coefficient (Wildman–Crippen LogP) is 3.93. The summed E-state index contributed by atoms with van der Waals surface area (Å²) >= 11 is 3.33. The first-order valence-electron chi connectivity index (χ1n) is 6.44. The van der Waals surface area contributed by atoms with Gasteiger partial charge in [0.1, 0.15) is 29.7 Å². The second-order valence-corrected chi connectivity index (χ2v) is 5.11. The number of para-hydroxylation sites is 2. The summed E-state index contributed by atoms with van der Waals surface area (Å²) in [5, 5.41) is 4.58. The first-order chi connectivity index (χ1) is 10.6. The van der Waals surface area contributed by atoms with E-state index >= 15 is 0 Å². The van der Waals surface area contributed by atoms with Crippen molar-refractivity contribution in [2.24, 2.45) is 0 Å². The van der Waals surface area contributed by atoms with E-state index in [0.717, 1.165) is 16.6 Å². The molecule has 4 nitrogen and oxygen atoms in total. The average molecular weight is 371 g/mol. The fourth-order valence-corrected chi connectivity index (χ4v) is 2.06. The van der Waals surface area contributed by atoms with Crippen molar-refractivity contribution >= 4 is 27.6 Å². The highest BCUT2D eigenvalue weighted by molar-refractivity contribution is 9.10. The molecule has 2 rings (SSSR count). The number of nitrogens with one attached hydrogen (secondary N) is 2. The molecule has 116 valence electrons. The number of hydrogen-bond acceptors (Lipinski definition) is 2. The number of ether oxygens (including phenoxy) is 1. The van der Waals surface area contributed by atoms with Crippen LogP contribution in [-0.4, -0.2) is 19.2 Å². The summed E-state index contributed by atoms with van der Waals surface area (Å²) in [6.45, 7) is 0.402. The first kappa shape index (κ1) is 16.2. The summed E-state index contributed by atoms with van der Waals surface area (Å²) < 4.78 is 33.0. The van der Waals surface area contributed by atoms with Crippen LogP contribution in [0.25, 0.3) is 0 Å². The Bertz CT molecular complexity index is 647. The van der Waals surface area contributed by atoms with Crippen molar-refractivity contribution in [2.75, 3.05) is 18.5 Å². The Morgan fingerprint density at radius 1 is 1.09 bits per heavy atom. The Kier molecular flexibility index (Phi) is 5.71. The summed E-state index contributed by atoms with van der Waals surface area (Å²) in [5.41, 5.74) is -0.480. The molecule has 22 heavy (non-hydrogen) atoms. The minimum absolute atomic E-state index is 0.184. The highest BCUT2D eigenvalue weighted by Crippen LogP contribution is 2.23. The van der Waals surface area contributed by atoms with Crippen molar-refractivity contribution in [3.8, 4) is 5.75 Å². The third-order valence-corrected chi connectivity index (χ3v) is 3.34. The van der Waals surface area contributed by atoms with Crippen molar-refractivity contribution in [3.63, 3.8) is 0 Å². The van der Waals surface area contributed by atoms with E-state index in [9.17, 15) is 13.6 Å². The Balaban J connectivity index is 1.78. The average Bonchev–Trinajstić information content (AvgIpc) is 2.49. The fraction of sp³-hybridized carbons (Fsp3) is 0.133. The molecule has 0 bridgehead atoms. The number of hydrogen-bond donors (Lipinski definition) is 2. The Hall–Kier alpha value is -2.15. The minimum Gasteiger partial charge on any atom is -0.491 e. The van der Waals surface area contributed by atoms with Gasteiger partial charge in [0.25, 0.3) is 0 Å². The number of urea groups is 1. The molecule has 2 N–H and O–H groups in total. The molecule has 7 heteroatoms. The van der Waals surface area contributed by atoms with Crippen molar-refractivity contribution in [1.29, 1.82) is 0 Å². The number of rotatable bonds is 5. The molecule has 0 unspecified atom stereocenters. The molecular weight excluding hydrogens is 358 g/mol. The lowest BCUT2D eigenvalue weighted by atomic mass is 10.3. The molecule has 0 heterocycles. The summed E-state index contributed by atoms with van der Waals surface area (Å²) in [7, 11) is 0. The van der Waals surface area contributed by atoms with E-state index in [1.54, 1.807) is 6.07 Å². The van der Waals surface area contributed by atoms with Crippen LogP contribution < -0.4 is 15.4 Å². The third-order valence-electron chi connectivity index (χ3n) is 2.68. The second kappa shape index (κ2) is 7.74. The van der Waals surface area contributed by atoms with Gasteiger partial charge in [0.2, 0.25) is 0 Å². The smallest absolute Gasteiger partial charge is 0.319 e. The van der Waals surface area contributed by atoms with Gasteiger partial charge >= 0.3 is 6.03 Å². The van der Waals surface area contributed by atoms with Gasteiger partial charge in [-0.25, -0.2) is 13.6 Å². The molecule has 0 atom stereocenters. The number of anilines is 1. The molecule has 0 saturated carbocycles. The zero-order valence-corrected chi connectivity index (χ0v) is 13.0. The summed E-state index contributed by atoms with van der Waals surface area (Å²) in [5.74, 6) is -1.02. The van der Waals surface area contributed by atoms with Crippen LogP contribution >= 0.6 is 15.9 Å². The van der Waals surface area contributed by atoms with Gasteiger partial charge < -0.3 is 15.4 Å². The van der Waals surface area contributed by atoms with Crippen molar-refractivity contribution in [2.45, 2.75) is 0 Å². The Morgan fingerprint density at radius 2 is 1.77 bits per heavy atom. The lowest BCUT2D eigenvalue weighted by molar-refractivity contribution is 0.247. The minimum atomic E-state index is -0.834. The van der Waals surface area contributed by atoms with E-state index in [1.807, 2.05) is 18.2 Å². The quantitative estimate of drug-likeness (QED) is 0.783. The molecule has 0 aliphatic carbocycles. The highest BCUT2D eigenvalue weighted by Gasteiger charge is 2.11. The summed E-state index contributed by atoms with van der Waals surface area (Å²) in [6.07, 6.45) is 0. The highest BCUT2D eigenvalue weighted by atomic mass is 79.9. The van der Waals surface area contributed by atoms with Crippen LogP contribution in [0.4, 0.5) is 19.3 Å². The molecular formula is C15H13BrF2N2O2. The van der Waals surface area contributed by atoms with Crippen molar-refractivity contribution in [3.05, 3.63) is 58.6 Å². The Morgan fingerprint density at radius 3 is 2.45 bits per heavy atom. The van der Waals surface area contributed by atoms with Gasteiger partial charge in [-0.05, 0) is 40.2 Å². The zero-order chi connectivity index (χ0) is 15.9. The summed E-state index contributed by atoms with van der Waals surface area (Å²) in [4.78, 5) is 11.6. The van der Waals surface area contributed by atoms with Gasteiger partial charge in [-0.2, -0.15) is 0 Å². The van der Waals surface area contributed by atoms with E-state index in [1.165, 1.54) is 6.07 Å². The molecule has 2 aromatic carbocycles. The lowest BCUT2D eigenvalue weighted by Crippen LogP contribution is -2.32. The Labute approximate surface area is 134 Å². The number of carbonyl (C=O) groups is 1. The number of amides is 2. The van der Waals surface area contributed by atoms with Crippen LogP contribution in [0.2, 0.25) is 0 Å². The van der Waals surface area contributed by atoms with E-state index in [-0.39, 0.29) is 13.2 Å². The predicted molar refractivity (Wildman–Crippen MR) is 83.0 cm³/mol. The van der Waals surface area contributed by atoms with Gasteiger partial charge in [-0.1, -0.05) is 18.2 Å². The van der Waals surface area contributed by atoms with Crippen LogP contribution in [-0.2, 0) is 0 Å². The molecule has 0 fully saturated rings. The lowest BCUT2D eigenvalue weighted by Gasteiger charge is -2.10. The molecule has 0 saturated heterocycles. The maximum absolute atomic E-state index is 13.4. The normalized spacial score (nSPS) is 10.1. The standard InChI is InChI=1S/C15H13BrF2N2O2/c16-10-4-1-2-7-13(10)22-9-8-19-15(21)20-14-11(17)5-3-6-12(14)18/h1-7H,8-9H2,(H2,19,20,21). The van der Waals surface area contributed by atoms with E-state index in [0.29, 0.717) is 5.75 Å². The monoisotopic (exact) mass is 370 g/mol. The van der Waals surface area contributed by atoms with E-state index in [4.69, 9.17) is 4.74 Å². The van der Waals surface area contributed by atoms with Crippen LogP contribution in [0.1, 0.15) is 0 Å². The molecule has 0 radical (unpaired) electrons. The third kappa shape index (κ3) is 4.42.